The third-order valence-corrected chi connectivity index (χ3v) is 2.72. The molecule has 0 saturated heterocycles. The molecular weight excluding hydrogens is 243 g/mol. The SMILES string of the molecule is CCCNCC(CCC)CCCOCC(F)(F)F. The first-order valence-corrected chi connectivity index (χ1v) is 6.84. The summed E-state index contributed by atoms with van der Waals surface area (Å²) in [5, 5.41) is 3.36. The van der Waals surface area contributed by atoms with Crippen LogP contribution in [0.25, 0.3) is 0 Å². The summed E-state index contributed by atoms with van der Waals surface area (Å²) >= 11 is 0. The molecule has 0 radical (unpaired) electrons. The number of nitrogens with one attached hydrogen (secondary N) is 1. The lowest BCUT2D eigenvalue weighted by atomic mass is 9.98. The van der Waals surface area contributed by atoms with Crippen LogP contribution in [0.1, 0.15) is 46.0 Å². The lowest BCUT2D eigenvalue weighted by Crippen LogP contribution is -2.24. The fourth-order valence-electron chi connectivity index (χ4n) is 1.90. The van der Waals surface area contributed by atoms with Gasteiger partial charge in [0.25, 0.3) is 0 Å². The van der Waals surface area contributed by atoms with E-state index in [4.69, 9.17) is 0 Å². The second-order valence-corrected chi connectivity index (χ2v) is 4.67. The van der Waals surface area contributed by atoms with Gasteiger partial charge in [0.05, 0.1) is 0 Å². The summed E-state index contributed by atoms with van der Waals surface area (Å²) in [7, 11) is 0. The summed E-state index contributed by atoms with van der Waals surface area (Å²) in [5.74, 6) is 0.552. The van der Waals surface area contributed by atoms with Crippen LogP contribution in [0, 0.1) is 5.92 Å². The molecule has 0 saturated carbocycles. The van der Waals surface area contributed by atoms with Gasteiger partial charge >= 0.3 is 6.18 Å². The predicted molar refractivity (Wildman–Crippen MR) is 67.7 cm³/mol. The molecule has 0 aromatic carbocycles. The maximum absolute atomic E-state index is 11.8. The van der Waals surface area contributed by atoms with Crippen LogP contribution in [-0.4, -0.2) is 32.5 Å². The van der Waals surface area contributed by atoms with Gasteiger partial charge in [-0.3, -0.25) is 0 Å². The molecule has 110 valence electrons. The van der Waals surface area contributed by atoms with Crippen LogP contribution in [0.3, 0.4) is 0 Å². The standard InChI is InChI=1S/C13H26F3NO/c1-3-6-12(10-17-8-4-2)7-5-9-18-11-13(14,15)16/h12,17H,3-11H2,1-2H3. The van der Waals surface area contributed by atoms with Crippen LogP contribution in [0.4, 0.5) is 13.2 Å². The molecule has 0 heterocycles. The Kier molecular flexibility index (Phi) is 10.4. The number of rotatable bonds is 11. The second-order valence-electron chi connectivity index (χ2n) is 4.67. The Balaban J connectivity index is 3.57. The van der Waals surface area contributed by atoms with Crippen molar-refractivity contribution >= 4 is 0 Å². The minimum Gasteiger partial charge on any atom is -0.372 e. The van der Waals surface area contributed by atoms with Gasteiger partial charge in [0.2, 0.25) is 0 Å². The van der Waals surface area contributed by atoms with Gasteiger partial charge in [-0.2, -0.15) is 13.2 Å². The van der Waals surface area contributed by atoms with E-state index in [1.165, 1.54) is 0 Å². The molecule has 1 unspecified atom stereocenters. The van der Waals surface area contributed by atoms with E-state index in [0.29, 0.717) is 12.3 Å². The van der Waals surface area contributed by atoms with Crippen molar-refractivity contribution in [3.63, 3.8) is 0 Å². The second kappa shape index (κ2) is 10.6. The van der Waals surface area contributed by atoms with E-state index in [0.717, 1.165) is 38.8 Å². The van der Waals surface area contributed by atoms with Gasteiger partial charge in [0.15, 0.2) is 0 Å². The van der Waals surface area contributed by atoms with Crippen molar-refractivity contribution in [2.24, 2.45) is 5.92 Å². The first-order chi connectivity index (χ1) is 8.49. The fraction of sp³-hybridized carbons (Fsp3) is 1.00. The molecular formula is C13H26F3NO. The maximum atomic E-state index is 11.8. The van der Waals surface area contributed by atoms with E-state index in [2.05, 4.69) is 23.9 Å². The van der Waals surface area contributed by atoms with Crippen LogP contribution in [0.5, 0.6) is 0 Å². The molecule has 0 aliphatic carbocycles. The van der Waals surface area contributed by atoms with Gasteiger partial charge in [0.1, 0.15) is 6.61 Å². The molecule has 0 aromatic heterocycles. The molecule has 1 atom stereocenters. The molecule has 0 spiro atoms. The fourth-order valence-corrected chi connectivity index (χ4v) is 1.90. The van der Waals surface area contributed by atoms with Gasteiger partial charge < -0.3 is 10.1 Å². The van der Waals surface area contributed by atoms with Gasteiger partial charge in [-0.25, -0.2) is 0 Å². The summed E-state index contributed by atoms with van der Waals surface area (Å²) in [6.45, 7) is 5.29. The highest BCUT2D eigenvalue weighted by Gasteiger charge is 2.27. The van der Waals surface area contributed by atoms with Crippen molar-refractivity contribution in [3.05, 3.63) is 0 Å². The van der Waals surface area contributed by atoms with Crippen LogP contribution >= 0.6 is 0 Å². The minimum atomic E-state index is -4.20. The monoisotopic (exact) mass is 269 g/mol. The average molecular weight is 269 g/mol. The summed E-state index contributed by atoms with van der Waals surface area (Å²) in [6.07, 6.45) is 0.772. The highest BCUT2D eigenvalue weighted by Crippen LogP contribution is 2.16. The quantitative estimate of drug-likeness (QED) is 0.577. The van der Waals surface area contributed by atoms with E-state index in [9.17, 15) is 13.2 Å². The number of hydrogen-bond acceptors (Lipinski definition) is 2. The van der Waals surface area contributed by atoms with E-state index >= 15 is 0 Å². The Morgan fingerprint density at radius 3 is 2.39 bits per heavy atom. The zero-order valence-electron chi connectivity index (χ0n) is 11.5. The first kappa shape index (κ1) is 17.7. The summed E-state index contributed by atoms with van der Waals surface area (Å²) in [5.41, 5.74) is 0. The highest BCUT2D eigenvalue weighted by molar-refractivity contribution is 4.62. The largest absolute Gasteiger partial charge is 0.411 e. The zero-order valence-corrected chi connectivity index (χ0v) is 11.5. The van der Waals surface area contributed by atoms with Crippen LogP contribution in [0.2, 0.25) is 0 Å². The summed E-state index contributed by atoms with van der Waals surface area (Å²) in [4.78, 5) is 0. The Morgan fingerprint density at radius 1 is 1.11 bits per heavy atom. The van der Waals surface area contributed by atoms with E-state index < -0.39 is 12.8 Å². The zero-order chi connectivity index (χ0) is 13.9. The van der Waals surface area contributed by atoms with Crippen molar-refractivity contribution in [1.82, 2.24) is 5.32 Å². The van der Waals surface area contributed by atoms with Crippen molar-refractivity contribution in [3.8, 4) is 0 Å². The van der Waals surface area contributed by atoms with Crippen molar-refractivity contribution in [2.75, 3.05) is 26.3 Å². The number of alkyl halides is 3. The van der Waals surface area contributed by atoms with Crippen LogP contribution in [-0.2, 0) is 4.74 Å². The van der Waals surface area contributed by atoms with Crippen LogP contribution in [0.15, 0.2) is 0 Å². The lowest BCUT2D eigenvalue weighted by molar-refractivity contribution is -0.174. The van der Waals surface area contributed by atoms with Gasteiger partial charge in [-0.05, 0) is 44.7 Å². The van der Waals surface area contributed by atoms with Crippen molar-refractivity contribution < 1.29 is 17.9 Å². The van der Waals surface area contributed by atoms with Gasteiger partial charge in [-0.1, -0.05) is 20.3 Å². The molecule has 1 N–H and O–H groups in total. The third-order valence-electron chi connectivity index (χ3n) is 2.72. The van der Waals surface area contributed by atoms with Crippen LogP contribution < -0.4 is 5.32 Å². The highest BCUT2D eigenvalue weighted by atomic mass is 19.4. The normalized spacial score (nSPS) is 13.8. The van der Waals surface area contributed by atoms with Gasteiger partial charge in [-0.15, -0.1) is 0 Å². The molecule has 2 nitrogen and oxygen atoms in total. The summed E-state index contributed by atoms with van der Waals surface area (Å²) < 4.78 is 40.1. The van der Waals surface area contributed by atoms with Crippen molar-refractivity contribution in [2.45, 2.75) is 52.1 Å². The van der Waals surface area contributed by atoms with E-state index in [1.54, 1.807) is 0 Å². The molecule has 0 aromatic rings. The van der Waals surface area contributed by atoms with Gasteiger partial charge in [0, 0.05) is 6.61 Å². The Labute approximate surface area is 108 Å². The molecule has 0 rings (SSSR count). The Hall–Kier alpha value is -0.290. The first-order valence-electron chi connectivity index (χ1n) is 6.84. The van der Waals surface area contributed by atoms with E-state index in [1.807, 2.05) is 0 Å². The molecule has 18 heavy (non-hydrogen) atoms. The molecule has 5 heteroatoms. The number of halogens is 3. The molecule has 0 aliphatic rings. The topological polar surface area (TPSA) is 21.3 Å². The number of ether oxygens (including phenoxy) is 1. The smallest absolute Gasteiger partial charge is 0.372 e. The summed E-state index contributed by atoms with van der Waals surface area (Å²) in [6, 6.07) is 0. The van der Waals surface area contributed by atoms with Crippen molar-refractivity contribution in [1.29, 1.82) is 0 Å². The third kappa shape index (κ3) is 12.2. The molecule has 0 bridgehead atoms. The molecule has 0 aliphatic heterocycles. The van der Waals surface area contributed by atoms with E-state index in [-0.39, 0.29) is 6.61 Å². The Bertz CT molecular complexity index is 186. The number of hydrogen-bond donors (Lipinski definition) is 1. The molecule has 0 fully saturated rings. The Morgan fingerprint density at radius 2 is 1.83 bits per heavy atom. The lowest BCUT2D eigenvalue weighted by Gasteiger charge is -2.17. The minimum absolute atomic E-state index is 0.202. The predicted octanol–water partition coefficient (Wildman–Crippen LogP) is 3.76. The molecule has 0 amide bonds. The average Bonchev–Trinajstić information content (AvgIpc) is 2.27. The maximum Gasteiger partial charge on any atom is 0.411 e.